The van der Waals surface area contributed by atoms with Crippen LogP contribution < -0.4 is 5.32 Å². The zero-order chi connectivity index (χ0) is 20.9. The molecular formula is C21H27N5O2S. The summed E-state index contributed by atoms with van der Waals surface area (Å²) in [4.78, 5) is 12.1. The van der Waals surface area contributed by atoms with Crippen LogP contribution in [0.4, 0.5) is 5.13 Å². The molecule has 0 saturated carbocycles. The van der Waals surface area contributed by atoms with Crippen molar-refractivity contribution in [2.45, 2.75) is 52.7 Å². The van der Waals surface area contributed by atoms with Gasteiger partial charge < -0.3 is 10.1 Å². The highest BCUT2D eigenvalue weighted by atomic mass is 32.1. The Balaban J connectivity index is 1.60. The second-order valence-corrected chi connectivity index (χ2v) is 8.80. The largest absolute Gasteiger partial charge is 0.456 e. The molecule has 3 rings (SSSR count). The fraction of sp³-hybridized carbons (Fsp3) is 0.429. The van der Waals surface area contributed by atoms with Crippen molar-refractivity contribution in [2.24, 2.45) is 0 Å². The van der Waals surface area contributed by atoms with Crippen LogP contribution in [0.25, 0.3) is 10.6 Å². The van der Waals surface area contributed by atoms with E-state index in [0.29, 0.717) is 12.1 Å². The Hall–Kier alpha value is -2.74. The summed E-state index contributed by atoms with van der Waals surface area (Å²) in [6, 6.07) is 8.14. The Labute approximate surface area is 175 Å². The van der Waals surface area contributed by atoms with Gasteiger partial charge in [-0.15, -0.1) is 10.2 Å². The summed E-state index contributed by atoms with van der Waals surface area (Å²) in [6.07, 6.45) is 5.51. The van der Waals surface area contributed by atoms with E-state index >= 15 is 0 Å². The summed E-state index contributed by atoms with van der Waals surface area (Å²) in [5.74, 6) is -0.362. The maximum Gasteiger partial charge on any atom is 0.341 e. The Morgan fingerprint density at radius 2 is 1.97 bits per heavy atom. The van der Waals surface area contributed by atoms with Crippen LogP contribution in [0.15, 0.2) is 36.7 Å². The third-order valence-corrected chi connectivity index (χ3v) is 4.97. The molecule has 7 nitrogen and oxygen atoms in total. The number of nitrogens with zero attached hydrogens (tertiary/aromatic N) is 4. The predicted molar refractivity (Wildman–Crippen MR) is 115 cm³/mol. The van der Waals surface area contributed by atoms with Crippen molar-refractivity contribution in [3.8, 4) is 10.6 Å². The molecule has 0 amide bonds. The number of rotatable bonds is 8. The number of anilines is 1. The van der Waals surface area contributed by atoms with Gasteiger partial charge in [0.2, 0.25) is 5.13 Å². The smallest absolute Gasteiger partial charge is 0.341 e. The van der Waals surface area contributed by atoms with Crippen LogP contribution in [0, 0.1) is 0 Å². The first-order valence-corrected chi connectivity index (χ1v) is 10.6. The number of hydrogen-bond donors (Lipinski definition) is 1. The van der Waals surface area contributed by atoms with E-state index in [0.717, 1.165) is 40.7 Å². The van der Waals surface area contributed by atoms with Crippen LogP contribution >= 0.6 is 11.3 Å². The summed E-state index contributed by atoms with van der Waals surface area (Å²) in [5, 5.41) is 17.8. The molecule has 0 radical (unpaired) electrons. The summed E-state index contributed by atoms with van der Waals surface area (Å²) in [6.45, 7) is 9.19. The molecule has 2 aromatic heterocycles. The van der Waals surface area contributed by atoms with Crippen LogP contribution in [-0.4, -0.2) is 38.1 Å². The first-order valence-electron chi connectivity index (χ1n) is 9.76. The lowest BCUT2D eigenvalue weighted by molar-refractivity contribution is 0.00694. The van der Waals surface area contributed by atoms with E-state index in [9.17, 15) is 4.79 Å². The lowest BCUT2D eigenvalue weighted by Crippen LogP contribution is -2.23. The van der Waals surface area contributed by atoms with Gasteiger partial charge >= 0.3 is 5.97 Å². The molecular weight excluding hydrogens is 386 g/mol. The molecule has 1 N–H and O–H groups in total. The zero-order valence-electron chi connectivity index (χ0n) is 17.3. The molecule has 29 heavy (non-hydrogen) atoms. The standard InChI is InChI=1S/C21H27N5O2S/c1-5-6-11-22-20-25-24-18(29-20)16-9-7-15(8-10-16)13-26-14-17(12-23-26)19(27)28-21(2,3)4/h7-10,12,14H,5-6,11,13H2,1-4H3,(H,22,25). The second kappa shape index (κ2) is 9.17. The highest BCUT2D eigenvalue weighted by Gasteiger charge is 2.19. The van der Waals surface area contributed by atoms with Gasteiger partial charge in [-0.25, -0.2) is 4.79 Å². The van der Waals surface area contributed by atoms with Crippen LogP contribution in [0.1, 0.15) is 56.5 Å². The Morgan fingerprint density at radius 1 is 1.21 bits per heavy atom. The maximum atomic E-state index is 12.1. The predicted octanol–water partition coefficient (Wildman–Crippen LogP) is 4.62. The number of carbonyl (C=O) groups is 1. The first-order chi connectivity index (χ1) is 13.8. The lowest BCUT2D eigenvalue weighted by Gasteiger charge is -2.18. The number of carbonyl (C=O) groups excluding carboxylic acids is 1. The van der Waals surface area contributed by atoms with E-state index in [2.05, 4.69) is 27.5 Å². The number of unbranched alkanes of at least 4 members (excludes halogenated alkanes) is 1. The van der Waals surface area contributed by atoms with E-state index in [-0.39, 0.29) is 5.97 Å². The van der Waals surface area contributed by atoms with Gasteiger partial charge in [0.15, 0.2) is 0 Å². The van der Waals surface area contributed by atoms with E-state index in [1.807, 2.05) is 45.0 Å². The molecule has 0 aliphatic carbocycles. The topological polar surface area (TPSA) is 81.9 Å². The number of benzene rings is 1. The van der Waals surface area contributed by atoms with Gasteiger partial charge in [-0.1, -0.05) is 48.9 Å². The first kappa shape index (κ1) is 21.0. The fourth-order valence-corrected chi connectivity index (χ4v) is 3.39. The van der Waals surface area contributed by atoms with Crippen molar-refractivity contribution < 1.29 is 9.53 Å². The van der Waals surface area contributed by atoms with Crippen LogP contribution in [0.5, 0.6) is 0 Å². The van der Waals surface area contributed by atoms with Crippen LogP contribution in [0.2, 0.25) is 0 Å². The average Bonchev–Trinajstić information content (AvgIpc) is 3.31. The minimum absolute atomic E-state index is 0.362. The van der Waals surface area contributed by atoms with Crippen LogP contribution in [0.3, 0.4) is 0 Å². The third-order valence-electron chi connectivity index (χ3n) is 4.04. The highest BCUT2D eigenvalue weighted by Crippen LogP contribution is 2.26. The van der Waals surface area contributed by atoms with E-state index in [1.54, 1.807) is 22.2 Å². The zero-order valence-corrected chi connectivity index (χ0v) is 18.1. The van der Waals surface area contributed by atoms with Gasteiger partial charge in [-0.3, -0.25) is 4.68 Å². The van der Waals surface area contributed by atoms with Crippen molar-refractivity contribution >= 4 is 22.4 Å². The quantitative estimate of drug-likeness (QED) is 0.429. The molecule has 8 heteroatoms. The highest BCUT2D eigenvalue weighted by molar-refractivity contribution is 7.18. The molecule has 0 fully saturated rings. The van der Waals surface area contributed by atoms with Crippen molar-refractivity contribution in [3.05, 3.63) is 47.8 Å². The number of esters is 1. The molecule has 0 atom stereocenters. The molecule has 0 unspecified atom stereocenters. The van der Waals surface area contributed by atoms with Gasteiger partial charge in [0.25, 0.3) is 0 Å². The second-order valence-electron chi connectivity index (χ2n) is 7.82. The molecule has 0 aliphatic rings. The molecule has 3 aromatic rings. The maximum absolute atomic E-state index is 12.1. The summed E-state index contributed by atoms with van der Waals surface area (Å²) < 4.78 is 7.11. The molecule has 2 heterocycles. The van der Waals surface area contributed by atoms with Crippen LogP contribution in [-0.2, 0) is 11.3 Å². The van der Waals surface area contributed by atoms with Crippen molar-refractivity contribution in [1.29, 1.82) is 0 Å². The molecule has 154 valence electrons. The molecule has 0 saturated heterocycles. The summed E-state index contributed by atoms with van der Waals surface area (Å²) >= 11 is 1.55. The number of nitrogens with one attached hydrogen (secondary N) is 1. The van der Waals surface area contributed by atoms with E-state index < -0.39 is 5.60 Å². The van der Waals surface area contributed by atoms with Gasteiger partial charge in [0, 0.05) is 18.3 Å². The van der Waals surface area contributed by atoms with Gasteiger partial charge in [-0.2, -0.15) is 5.10 Å². The normalized spacial score (nSPS) is 11.4. The molecule has 0 aliphatic heterocycles. The average molecular weight is 414 g/mol. The summed E-state index contributed by atoms with van der Waals surface area (Å²) in [5.41, 5.74) is 2.04. The minimum Gasteiger partial charge on any atom is -0.456 e. The van der Waals surface area contributed by atoms with E-state index in [4.69, 9.17) is 4.74 Å². The monoisotopic (exact) mass is 413 g/mol. The Kier molecular flexibility index (Phi) is 6.64. The molecule has 0 bridgehead atoms. The Morgan fingerprint density at radius 3 is 2.66 bits per heavy atom. The lowest BCUT2D eigenvalue weighted by atomic mass is 10.1. The van der Waals surface area contributed by atoms with Gasteiger partial charge in [-0.05, 0) is 32.8 Å². The van der Waals surface area contributed by atoms with Crippen molar-refractivity contribution in [1.82, 2.24) is 20.0 Å². The fourth-order valence-electron chi connectivity index (χ4n) is 2.62. The summed E-state index contributed by atoms with van der Waals surface area (Å²) in [7, 11) is 0. The molecule has 1 aromatic carbocycles. The number of ether oxygens (including phenoxy) is 1. The third kappa shape index (κ3) is 6.12. The number of hydrogen-bond acceptors (Lipinski definition) is 7. The SMILES string of the molecule is CCCCNc1nnc(-c2ccc(Cn3cc(C(=O)OC(C)(C)C)cn3)cc2)s1. The van der Waals surface area contributed by atoms with Crippen molar-refractivity contribution in [2.75, 3.05) is 11.9 Å². The molecule has 0 spiro atoms. The minimum atomic E-state index is -0.523. The van der Waals surface area contributed by atoms with Gasteiger partial charge in [0.1, 0.15) is 10.6 Å². The van der Waals surface area contributed by atoms with Gasteiger partial charge in [0.05, 0.1) is 18.3 Å². The van der Waals surface area contributed by atoms with Crippen molar-refractivity contribution in [3.63, 3.8) is 0 Å². The number of aromatic nitrogens is 4. The Bertz CT molecular complexity index is 941. The van der Waals surface area contributed by atoms with E-state index in [1.165, 1.54) is 6.20 Å².